The minimum Gasteiger partial charge on any atom is -0.387 e. The molecule has 2 fully saturated rings. The van der Waals surface area contributed by atoms with Crippen molar-refractivity contribution in [2.75, 3.05) is 19.8 Å². The van der Waals surface area contributed by atoms with Gasteiger partial charge in [0.2, 0.25) is 0 Å². The van der Waals surface area contributed by atoms with Gasteiger partial charge in [0, 0.05) is 12.8 Å². The Morgan fingerprint density at radius 2 is 1.59 bits per heavy atom. The van der Waals surface area contributed by atoms with Crippen molar-refractivity contribution in [3.05, 3.63) is 71.8 Å². The number of urea groups is 1. The van der Waals surface area contributed by atoms with Crippen LogP contribution in [0.25, 0.3) is 0 Å². The first-order chi connectivity index (χ1) is 14.1. The number of carbonyl (C=O) groups excluding carboxylic acids is 2. The summed E-state index contributed by atoms with van der Waals surface area (Å²) < 4.78 is 0. The van der Waals surface area contributed by atoms with Crippen LogP contribution < -0.4 is 10.2 Å². The van der Waals surface area contributed by atoms with Crippen molar-refractivity contribution in [2.45, 2.75) is 37.3 Å². The number of carbonyl (C=O) groups is 2. The molecule has 2 aromatic rings. The second kappa shape index (κ2) is 8.35. The molecule has 0 radical (unpaired) electrons. The van der Waals surface area contributed by atoms with Gasteiger partial charge in [0.15, 0.2) is 6.67 Å². The van der Waals surface area contributed by atoms with Crippen LogP contribution in [0.3, 0.4) is 0 Å². The SMILES string of the molecule is O=C1NC(Cc2ccccc2)(Cc2ccccc2)C(=O)N1C[NH+]1CCC[C@H](O)C1. The number of imide groups is 1. The van der Waals surface area contributed by atoms with E-state index in [4.69, 9.17) is 0 Å². The molecule has 0 saturated carbocycles. The van der Waals surface area contributed by atoms with E-state index >= 15 is 0 Å². The number of benzene rings is 2. The average Bonchev–Trinajstić information content (AvgIpc) is 2.93. The summed E-state index contributed by atoms with van der Waals surface area (Å²) in [6.07, 6.45) is 2.22. The molecule has 0 bridgehead atoms. The number of likely N-dealkylation sites (tertiary alicyclic amines) is 1. The molecule has 0 aliphatic carbocycles. The fraction of sp³-hybridized carbons (Fsp3) is 0.391. The monoisotopic (exact) mass is 394 g/mol. The number of quaternary nitrogens is 1. The van der Waals surface area contributed by atoms with Crippen LogP contribution in [0.4, 0.5) is 4.79 Å². The van der Waals surface area contributed by atoms with Crippen LogP contribution in [0.5, 0.6) is 0 Å². The van der Waals surface area contributed by atoms with Crippen molar-refractivity contribution < 1.29 is 19.6 Å². The number of amides is 3. The number of hydrogen-bond donors (Lipinski definition) is 3. The molecule has 4 rings (SSSR count). The van der Waals surface area contributed by atoms with E-state index in [1.165, 1.54) is 4.90 Å². The summed E-state index contributed by atoms with van der Waals surface area (Å²) in [6.45, 7) is 1.73. The molecule has 3 amide bonds. The van der Waals surface area contributed by atoms with Gasteiger partial charge in [0.25, 0.3) is 5.91 Å². The first-order valence-corrected chi connectivity index (χ1v) is 10.3. The minimum absolute atomic E-state index is 0.178. The van der Waals surface area contributed by atoms with E-state index < -0.39 is 5.54 Å². The lowest BCUT2D eigenvalue weighted by atomic mass is 9.84. The van der Waals surface area contributed by atoms with Crippen molar-refractivity contribution in [3.8, 4) is 0 Å². The van der Waals surface area contributed by atoms with Gasteiger partial charge in [-0.05, 0) is 24.0 Å². The molecular weight excluding hydrogens is 366 g/mol. The second-order valence-electron chi connectivity index (χ2n) is 8.23. The number of nitrogens with one attached hydrogen (secondary N) is 2. The second-order valence-corrected chi connectivity index (χ2v) is 8.23. The van der Waals surface area contributed by atoms with E-state index in [0.29, 0.717) is 26.1 Å². The fourth-order valence-electron chi connectivity index (χ4n) is 4.50. The van der Waals surface area contributed by atoms with Gasteiger partial charge >= 0.3 is 6.03 Å². The zero-order chi connectivity index (χ0) is 20.3. The maximum absolute atomic E-state index is 13.6. The van der Waals surface area contributed by atoms with Gasteiger partial charge in [-0.2, -0.15) is 0 Å². The van der Waals surface area contributed by atoms with Crippen LogP contribution in [-0.4, -0.2) is 53.3 Å². The number of piperidine rings is 1. The van der Waals surface area contributed by atoms with Gasteiger partial charge in [-0.3, -0.25) is 4.79 Å². The van der Waals surface area contributed by atoms with E-state index in [0.717, 1.165) is 35.4 Å². The summed E-state index contributed by atoms with van der Waals surface area (Å²) in [6, 6.07) is 19.3. The molecule has 29 heavy (non-hydrogen) atoms. The van der Waals surface area contributed by atoms with Crippen LogP contribution in [-0.2, 0) is 17.6 Å². The molecule has 2 saturated heterocycles. The summed E-state index contributed by atoms with van der Waals surface area (Å²) in [4.78, 5) is 28.8. The van der Waals surface area contributed by atoms with Gasteiger partial charge in [-0.25, -0.2) is 9.69 Å². The smallest absolute Gasteiger partial charge is 0.329 e. The number of rotatable bonds is 6. The van der Waals surface area contributed by atoms with Gasteiger partial charge in [0.1, 0.15) is 18.2 Å². The summed E-state index contributed by atoms with van der Waals surface area (Å²) in [5.74, 6) is -0.178. The lowest BCUT2D eigenvalue weighted by molar-refractivity contribution is -0.915. The summed E-state index contributed by atoms with van der Waals surface area (Å²) in [5.41, 5.74) is 1.03. The zero-order valence-electron chi connectivity index (χ0n) is 16.5. The molecule has 1 unspecified atom stereocenters. The van der Waals surface area contributed by atoms with Crippen LogP contribution in [0.1, 0.15) is 24.0 Å². The van der Waals surface area contributed by atoms with Crippen molar-refractivity contribution in [2.24, 2.45) is 0 Å². The maximum Gasteiger partial charge on any atom is 0.329 e. The predicted octanol–water partition coefficient (Wildman–Crippen LogP) is 0.759. The lowest BCUT2D eigenvalue weighted by Gasteiger charge is -2.30. The number of aliphatic hydroxyl groups excluding tert-OH is 1. The first-order valence-electron chi connectivity index (χ1n) is 10.3. The van der Waals surface area contributed by atoms with E-state index in [1.807, 2.05) is 60.7 Å². The molecule has 2 aliphatic rings. The highest BCUT2D eigenvalue weighted by molar-refractivity contribution is 6.07. The third-order valence-corrected chi connectivity index (χ3v) is 5.92. The van der Waals surface area contributed by atoms with Gasteiger partial charge in [0.05, 0.1) is 6.54 Å². The Hall–Kier alpha value is -2.70. The van der Waals surface area contributed by atoms with Crippen molar-refractivity contribution in [3.63, 3.8) is 0 Å². The molecule has 0 spiro atoms. The van der Waals surface area contributed by atoms with Gasteiger partial charge in [-0.1, -0.05) is 60.7 Å². The normalized spacial score (nSPS) is 23.8. The predicted molar refractivity (Wildman–Crippen MR) is 109 cm³/mol. The first kappa shape index (κ1) is 19.6. The molecule has 3 N–H and O–H groups in total. The van der Waals surface area contributed by atoms with Crippen molar-refractivity contribution >= 4 is 11.9 Å². The maximum atomic E-state index is 13.6. The summed E-state index contributed by atoms with van der Waals surface area (Å²) in [7, 11) is 0. The molecule has 2 aromatic carbocycles. The molecule has 2 aliphatic heterocycles. The highest BCUT2D eigenvalue weighted by atomic mass is 16.3. The third-order valence-electron chi connectivity index (χ3n) is 5.92. The van der Waals surface area contributed by atoms with Gasteiger partial charge < -0.3 is 15.3 Å². The Bertz CT molecular complexity index is 815. The average molecular weight is 394 g/mol. The quantitative estimate of drug-likeness (QED) is 0.634. The van der Waals surface area contributed by atoms with Crippen LogP contribution in [0.15, 0.2) is 60.7 Å². The molecule has 0 aromatic heterocycles. The topological polar surface area (TPSA) is 74.1 Å². The number of aliphatic hydroxyl groups is 1. The van der Waals surface area contributed by atoms with Crippen LogP contribution in [0, 0.1) is 0 Å². The number of hydrogen-bond acceptors (Lipinski definition) is 3. The Balaban J connectivity index is 1.59. The number of nitrogens with zero attached hydrogens (tertiary/aromatic N) is 1. The molecule has 2 heterocycles. The molecule has 2 atom stereocenters. The molecule has 6 heteroatoms. The third kappa shape index (κ3) is 4.33. The van der Waals surface area contributed by atoms with E-state index in [2.05, 4.69) is 5.32 Å². The molecular formula is C23H28N3O3+. The van der Waals surface area contributed by atoms with E-state index in [-0.39, 0.29) is 18.0 Å². The zero-order valence-corrected chi connectivity index (χ0v) is 16.5. The Morgan fingerprint density at radius 1 is 1.00 bits per heavy atom. The Labute approximate surface area is 171 Å². The lowest BCUT2D eigenvalue weighted by Crippen LogP contribution is -3.15. The largest absolute Gasteiger partial charge is 0.387 e. The van der Waals surface area contributed by atoms with Gasteiger partial charge in [-0.15, -0.1) is 0 Å². The molecule has 6 nitrogen and oxygen atoms in total. The Kier molecular flexibility index (Phi) is 5.65. The van der Waals surface area contributed by atoms with Crippen LogP contribution >= 0.6 is 0 Å². The minimum atomic E-state index is -0.992. The Morgan fingerprint density at radius 3 is 2.14 bits per heavy atom. The fourth-order valence-corrected chi connectivity index (χ4v) is 4.50. The van der Waals surface area contributed by atoms with E-state index in [9.17, 15) is 14.7 Å². The van der Waals surface area contributed by atoms with Crippen molar-refractivity contribution in [1.29, 1.82) is 0 Å². The van der Waals surface area contributed by atoms with E-state index in [1.54, 1.807) is 0 Å². The van der Waals surface area contributed by atoms with Crippen molar-refractivity contribution in [1.82, 2.24) is 10.2 Å². The standard InChI is InChI=1S/C23H27N3O3/c27-20-12-7-13-25(16-20)17-26-21(28)23(24-22(26)29,14-18-8-3-1-4-9-18)15-19-10-5-2-6-11-19/h1-6,8-11,20,27H,7,12-17H2,(H,24,29)/p+1/t20-/m0/s1. The molecule has 152 valence electrons. The summed E-state index contributed by atoms with van der Waals surface area (Å²) >= 11 is 0. The highest BCUT2D eigenvalue weighted by Crippen LogP contribution is 2.26. The highest BCUT2D eigenvalue weighted by Gasteiger charge is 2.52. The van der Waals surface area contributed by atoms with Crippen LogP contribution in [0.2, 0.25) is 0 Å². The summed E-state index contributed by atoms with van der Waals surface area (Å²) in [5, 5.41) is 13.0.